The number of thiophene rings is 2. The molecular formula is C23H23N3OS2. The molecule has 3 aromatic rings. The molecule has 6 heteroatoms. The smallest absolute Gasteiger partial charge is 0.238 e. The third-order valence-electron chi connectivity index (χ3n) is 5.24. The summed E-state index contributed by atoms with van der Waals surface area (Å²) in [4.78, 5) is 15.1. The third kappa shape index (κ3) is 4.43. The normalized spacial score (nSPS) is 14.1. The molecule has 148 valence electrons. The zero-order valence-electron chi connectivity index (χ0n) is 16.3. The Morgan fingerprint density at radius 2 is 2.00 bits per heavy atom. The highest BCUT2D eigenvalue weighted by atomic mass is 32.1. The molecular weight excluding hydrogens is 398 g/mol. The molecule has 1 aromatic carbocycles. The molecule has 1 aliphatic rings. The minimum atomic E-state index is -0.117. The van der Waals surface area contributed by atoms with Crippen LogP contribution in [-0.2, 0) is 17.6 Å². The van der Waals surface area contributed by atoms with E-state index in [-0.39, 0.29) is 18.5 Å². The van der Waals surface area contributed by atoms with Crippen LogP contribution in [0.3, 0.4) is 0 Å². The van der Waals surface area contributed by atoms with Crippen molar-refractivity contribution in [1.29, 1.82) is 5.26 Å². The molecule has 0 bridgehead atoms. The number of amides is 1. The van der Waals surface area contributed by atoms with Crippen LogP contribution in [0.5, 0.6) is 0 Å². The van der Waals surface area contributed by atoms with Gasteiger partial charge in [-0.1, -0.05) is 35.9 Å². The van der Waals surface area contributed by atoms with Crippen LogP contribution in [-0.4, -0.2) is 12.5 Å². The fourth-order valence-electron chi connectivity index (χ4n) is 3.73. The average Bonchev–Trinajstić information content (AvgIpc) is 3.37. The van der Waals surface area contributed by atoms with Gasteiger partial charge in [-0.25, -0.2) is 0 Å². The van der Waals surface area contributed by atoms with Crippen molar-refractivity contribution in [3.05, 3.63) is 73.8 Å². The first kappa shape index (κ1) is 19.8. The summed E-state index contributed by atoms with van der Waals surface area (Å²) >= 11 is 3.24. The van der Waals surface area contributed by atoms with Crippen molar-refractivity contribution < 1.29 is 4.79 Å². The second kappa shape index (κ2) is 8.91. The van der Waals surface area contributed by atoms with E-state index in [1.54, 1.807) is 22.7 Å². The number of carbonyl (C=O) groups excluding carboxylic acids is 1. The van der Waals surface area contributed by atoms with E-state index in [1.165, 1.54) is 15.3 Å². The van der Waals surface area contributed by atoms with Crippen LogP contribution in [0.4, 0.5) is 5.00 Å². The molecule has 2 N–H and O–H groups in total. The fraction of sp³-hybridized carbons (Fsp3) is 0.304. The maximum Gasteiger partial charge on any atom is 0.238 e. The average molecular weight is 422 g/mol. The molecule has 4 rings (SSSR count). The Kier molecular flexibility index (Phi) is 6.10. The molecule has 0 saturated heterocycles. The molecule has 2 aromatic heterocycles. The predicted octanol–water partition coefficient (Wildman–Crippen LogP) is 5.19. The summed E-state index contributed by atoms with van der Waals surface area (Å²) in [5.41, 5.74) is 4.15. The molecule has 1 aliphatic carbocycles. The number of rotatable bonds is 6. The van der Waals surface area contributed by atoms with Gasteiger partial charge in [0.05, 0.1) is 18.2 Å². The van der Waals surface area contributed by atoms with Crippen molar-refractivity contribution >= 4 is 33.6 Å². The molecule has 0 saturated carbocycles. The van der Waals surface area contributed by atoms with E-state index in [9.17, 15) is 10.1 Å². The van der Waals surface area contributed by atoms with Crippen molar-refractivity contribution in [1.82, 2.24) is 5.32 Å². The lowest BCUT2D eigenvalue weighted by Gasteiger charge is -2.18. The van der Waals surface area contributed by atoms with Gasteiger partial charge in [0.1, 0.15) is 11.1 Å². The molecule has 1 atom stereocenters. The Bertz CT molecular complexity index is 1030. The van der Waals surface area contributed by atoms with Crippen molar-refractivity contribution in [2.75, 3.05) is 11.9 Å². The second-order valence-corrected chi connectivity index (χ2v) is 9.40. The van der Waals surface area contributed by atoms with Crippen LogP contribution >= 0.6 is 22.7 Å². The molecule has 1 amide bonds. The van der Waals surface area contributed by atoms with E-state index >= 15 is 0 Å². The lowest BCUT2D eigenvalue weighted by molar-refractivity contribution is -0.115. The number of anilines is 1. The monoisotopic (exact) mass is 421 g/mol. The maximum atomic E-state index is 12.7. The number of aryl methyl sites for hydroxylation is 2. The Morgan fingerprint density at radius 3 is 2.72 bits per heavy atom. The van der Waals surface area contributed by atoms with Crippen molar-refractivity contribution in [2.24, 2.45) is 0 Å². The number of nitrogens with zero attached hydrogens (tertiary/aromatic N) is 1. The van der Waals surface area contributed by atoms with Crippen LogP contribution < -0.4 is 10.6 Å². The zero-order chi connectivity index (χ0) is 20.2. The number of benzene rings is 1. The van der Waals surface area contributed by atoms with E-state index < -0.39 is 0 Å². The van der Waals surface area contributed by atoms with Gasteiger partial charge in [0.2, 0.25) is 5.91 Å². The molecule has 2 heterocycles. The minimum Gasteiger partial charge on any atom is -0.315 e. The van der Waals surface area contributed by atoms with Gasteiger partial charge in [0, 0.05) is 9.75 Å². The van der Waals surface area contributed by atoms with Gasteiger partial charge >= 0.3 is 0 Å². The summed E-state index contributed by atoms with van der Waals surface area (Å²) < 4.78 is 0. The number of hydrogen-bond acceptors (Lipinski definition) is 5. The lowest BCUT2D eigenvalue weighted by Crippen LogP contribution is -2.31. The Morgan fingerprint density at radius 1 is 1.21 bits per heavy atom. The summed E-state index contributed by atoms with van der Waals surface area (Å²) in [5.74, 6) is -0.117. The number of hydrogen-bond donors (Lipinski definition) is 2. The first-order valence-electron chi connectivity index (χ1n) is 9.83. The molecule has 0 fully saturated rings. The number of carbonyl (C=O) groups is 1. The number of fused-ring (bicyclic) bond motifs is 1. The molecule has 0 spiro atoms. The van der Waals surface area contributed by atoms with Gasteiger partial charge in [-0.3, -0.25) is 10.1 Å². The zero-order valence-corrected chi connectivity index (χ0v) is 18.0. The van der Waals surface area contributed by atoms with Crippen LogP contribution in [0.1, 0.15) is 50.9 Å². The first-order valence-corrected chi connectivity index (χ1v) is 11.5. The third-order valence-corrected chi connectivity index (χ3v) is 7.39. The molecule has 0 unspecified atom stereocenters. The van der Waals surface area contributed by atoms with Gasteiger partial charge in [-0.15, -0.1) is 22.7 Å². The Labute approximate surface area is 179 Å². The summed E-state index contributed by atoms with van der Waals surface area (Å²) in [6, 6.07) is 14.8. The standard InChI is InChI=1S/C23H23N3OS2/c1-15-8-10-16(11-9-15)22(20-7-4-12-28-20)25-14-21(27)26-23-18(13-24)17-5-2-3-6-19(17)29-23/h4,7-12,22,25H,2-3,5-6,14H2,1H3,(H,26,27)/t22-/m1/s1. The van der Waals surface area contributed by atoms with Gasteiger partial charge < -0.3 is 5.32 Å². The molecule has 29 heavy (non-hydrogen) atoms. The van der Waals surface area contributed by atoms with Gasteiger partial charge in [-0.2, -0.15) is 5.26 Å². The first-order chi connectivity index (χ1) is 14.2. The van der Waals surface area contributed by atoms with Crippen LogP contribution in [0, 0.1) is 18.3 Å². The number of nitrogens with one attached hydrogen (secondary N) is 2. The summed E-state index contributed by atoms with van der Waals surface area (Å²) in [7, 11) is 0. The molecule has 4 nitrogen and oxygen atoms in total. The van der Waals surface area contributed by atoms with Gasteiger partial charge in [0.25, 0.3) is 0 Å². The Balaban J connectivity index is 1.47. The van der Waals surface area contributed by atoms with Crippen LogP contribution in [0.25, 0.3) is 0 Å². The molecule has 0 aliphatic heterocycles. The topological polar surface area (TPSA) is 64.9 Å². The van der Waals surface area contributed by atoms with Gasteiger partial charge in [0.15, 0.2) is 0 Å². The van der Waals surface area contributed by atoms with Crippen molar-refractivity contribution in [3.63, 3.8) is 0 Å². The second-order valence-electron chi connectivity index (χ2n) is 7.32. The fourth-order valence-corrected chi connectivity index (χ4v) is 5.82. The quantitative estimate of drug-likeness (QED) is 0.576. The van der Waals surface area contributed by atoms with E-state index in [4.69, 9.17) is 0 Å². The number of nitriles is 1. The summed E-state index contributed by atoms with van der Waals surface area (Å²) in [5, 5.41) is 18.7. The van der Waals surface area contributed by atoms with E-state index in [0.29, 0.717) is 10.6 Å². The highest BCUT2D eigenvalue weighted by molar-refractivity contribution is 7.16. The summed E-state index contributed by atoms with van der Waals surface area (Å²) in [6.45, 7) is 2.25. The van der Waals surface area contributed by atoms with Crippen LogP contribution in [0.15, 0.2) is 41.8 Å². The van der Waals surface area contributed by atoms with Crippen molar-refractivity contribution in [3.8, 4) is 6.07 Å². The lowest BCUT2D eigenvalue weighted by atomic mass is 9.96. The highest BCUT2D eigenvalue weighted by Crippen LogP contribution is 2.37. The molecule has 0 radical (unpaired) electrons. The van der Waals surface area contributed by atoms with E-state index in [2.05, 4.69) is 54.0 Å². The highest BCUT2D eigenvalue weighted by Gasteiger charge is 2.22. The van der Waals surface area contributed by atoms with E-state index in [0.717, 1.165) is 36.8 Å². The Hall–Kier alpha value is -2.46. The maximum absolute atomic E-state index is 12.7. The SMILES string of the molecule is Cc1ccc([C@@H](NCC(=O)Nc2sc3c(c2C#N)CCCC3)c2cccs2)cc1. The van der Waals surface area contributed by atoms with Crippen LogP contribution in [0.2, 0.25) is 0 Å². The largest absolute Gasteiger partial charge is 0.315 e. The predicted molar refractivity (Wildman–Crippen MR) is 120 cm³/mol. The van der Waals surface area contributed by atoms with E-state index in [1.807, 2.05) is 11.4 Å². The van der Waals surface area contributed by atoms with Crippen molar-refractivity contribution in [2.45, 2.75) is 38.6 Å². The minimum absolute atomic E-state index is 0.0340. The van der Waals surface area contributed by atoms with Gasteiger partial charge in [-0.05, 0) is 55.2 Å². The summed E-state index contributed by atoms with van der Waals surface area (Å²) in [6.07, 6.45) is 4.23.